The number of anilines is 1. The topological polar surface area (TPSA) is 96.0 Å². The van der Waals surface area contributed by atoms with Crippen molar-refractivity contribution in [2.24, 2.45) is 7.05 Å². The molecule has 0 saturated carbocycles. The van der Waals surface area contributed by atoms with Gasteiger partial charge in [0, 0.05) is 13.6 Å². The summed E-state index contributed by atoms with van der Waals surface area (Å²) in [5, 5.41) is 11.7. The first-order valence-corrected chi connectivity index (χ1v) is 12.5. The molecule has 2 heterocycles. The van der Waals surface area contributed by atoms with E-state index in [4.69, 9.17) is 4.74 Å². The lowest BCUT2D eigenvalue weighted by Gasteiger charge is -2.15. The fourth-order valence-corrected chi connectivity index (χ4v) is 4.55. The largest absolute Gasteiger partial charge is 0.483 e. The number of nitrogens with zero attached hydrogens (tertiary/aromatic N) is 5. The minimum Gasteiger partial charge on any atom is -0.483 e. The molecule has 0 aliphatic rings. The normalized spacial score (nSPS) is 11.8. The highest BCUT2D eigenvalue weighted by molar-refractivity contribution is 7.99. The van der Waals surface area contributed by atoms with Crippen LogP contribution >= 0.6 is 11.8 Å². The number of allylic oxidation sites excluding steroid dienone is 1. The summed E-state index contributed by atoms with van der Waals surface area (Å²) in [4.78, 5) is 25.9. The fourth-order valence-electron chi connectivity index (χ4n) is 3.80. The van der Waals surface area contributed by atoms with Crippen LogP contribution in [-0.2, 0) is 18.4 Å². The van der Waals surface area contributed by atoms with E-state index in [1.54, 1.807) is 29.3 Å². The Morgan fingerprint density at radius 3 is 2.57 bits per heavy atom. The number of hydrogen-bond acceptors (Lipinski definition) is 6. The molecule has 1 amide bonds. The summed E-state index contributed by atoms with van der Waals surface area (Å²) < 4.78 is 24.1. The van der Waals surface area contributed by atoms with Crippen LogP contribution in [0.4, 0.5) is 10.1 Å². The quantitative estimate of drug-likeness (QED) is 0.247. The number of ether oxygens (including phenoxy) is 1. The molecule has 0 fully saturated rings. The van der Waals surface area contributed by atoms with Crippen molar-refractivity contribution in [3.8, 4) is 11.4 Å². The maximum atomic E-state index is 13.2. The Kier molecular flexibility index (Phi) is 7.92. The highest BCUT2D eigenvalue weighted by atomic mass is 32.2. The summed E-state index contributed by atoms with van der Waals surface area (Å²) in [5.41, 5.74) is 1.26. The minimum absolute atomic E-state index is 0.0155. The molecule has 192 valence electrons. The SMILES string of the molecule is C=CCn1c(SCC(=O)Nc2c(C)n(C)n(-c3ccccc3)c2=O)nnc1C(C)Oc1ccc(F)cc1. The van der Waals surface area contributed by atoms with Crippen LogP contribution in [-0.4, -0.2) is 35.8 Å². The third kappa shape index (κ3) is 5.67. The Balaban J connectivity index is 1.47. The lowest BCUT2D eigenvalue weighted by molar-refractivity contribution is -0.113. The number of rotatable bonds is 10. The van der Waals surface area contributed by atoms with Crippen LogP contribution in [0.25, 0.3) is 5.69 Å². The van der Waals surface area contributed by atoms with Gasteiger partial charge in [-0.05, 0) is 50.2 Å². The lowest BCUT2D eigenvalue weighted by Crippen LogP contribution is -2.23. The van der Waals surface area contributed by atoms with Crippen molar-refractivity contribution >= 4 is 23.4 Å². The number of nitrogens with one attached hydrogen (secondary N) is 1. The van der Waals surface area contributed by atoms with Gasteiger partial charge in [-0.25, -0.2) is 9.07 Å². The molecule has 4 aromatic rings. The molecule has 37 heavy (non-hydrogen) atoms. The average molecular weight is 523 g/mol. The van der Waals surface area contributed by atoms with Crippen LogP contribution in [0.15, 0.2) is 77.2 Å². The maximum Gasteiger partial charge on any atom is 0.295 e. The summed E-state index contributed by atoms with van der Waals surface area (Å²) >= 11 is 1.19. The Labute approximate surface area is 217 Å². The summed E-state index contributed by atoms with van der Waals surface area (Å²) in [6.45, 7) is 7.78. The Hall–Kier alpha value is -4.12. The molecule has 0 aliphatic carbocycles. The number of hydrogen-bond donors (Lipinski definition) is 1. The molecule has 0 spiro atoms. The van der Waals surface area contributed by atoms with Crippen LogP contribution in [0.5, 0.6) is 5.75 Å². The molecule has 9 nitrogen and oxygen atoms in total. The fraction of sp³-hybridized carbons (Fsp3) is 0.231. The van der Waals surface area contributed by atoms with Crippen molar-refractivity contribution in [2.75, 3.05) is 11.1 Å². The van der Waals surface area contributed by atoms with Crippen molar-refractivity contribution in [1.29, 1.82) is 0 Å². The standard InChI is InChI=1S/C26H27FN6O3S/c1-5-15-32-24(18(3)36-21-13-11-19(27)12-14-21)29-30-26(32)37-16-22(34)28-23-17(2)31(4)33(25(23)35)20-9-7-6-8-10-20/h5-14,18H,1,15-16H2,2-4H3,(H,28,34). The number of aromatic nitrogens is 5. The third-order valence-electron chi connectivity index (χ3n) is 5.70. The number of amides is 1. The molecule has 0 bridgehead atoms. The zero-order valence-corrected chi connectivity index (χ0v) is 21.5. The van der Waals surface area contributed by atoms with Gasteiger partial charge in [-0.15, -0.1) is 16.8 Å². The van der Waals surface area contributed by atoms with Gasteiger partial charge in [0.15, 0.2) is 17.1 Å². The van der Waals surface area contributed by atoms with Gasteiger partial charge < -0.3 is 10.1 Å². The van der Waals surface area contributed by atoms with Crippen LogP contribution in [0.2, 0.25) is 0 Å². The summed E-state index contributed by atoms with van der Waals surface area (Å²) in [5.74, 6) is 0.353. The predicted molar refractivity (Wildman–Crippen MR) is 141 cm³/mol. The Morgan fingerprint density at radius 2 is 1.89 bits per heavy atom. The first kappa shape index (κ1) is 26.0. The first-order chi connectivity index (χ1) is 17.8. The van der Waals surface area contributed by atoms with E-state index in [0.29, 0.717) is 34.7 Å². The van der Waals surface area contributed by atoms with Crippen LogP contribution < -0.4 is 15.6 Å². The van der Waals surface area contributed by atoms with Crippen molar-refractivity contribution in [3.63, 3.8) is 0 Å². The smallest absolute Gasteiger partial charge is 0.295 e. The summed E-state index contributed by atoms with van der Waals surface area (Å²) in [6.07, 6.45) is 1.21. The van der Waals surface area contributed by atoms with E-state index < -0.39 is 6.10 Å². The molecule has 2 aromatic heterocycles. The Morgan fingerprint density at radius 1 is 1.19 bits per heavy atom. The van der Waals surface area contributed by atoms with E-state index in [1.165, 1.54) is 40.7 Å². The Bertz CT molecular complexity index is 1460. The molecular formula is C26H27FN6O3S. The van der Waals surface area contributed by atoms with Gasteiger partial charge >= 0.3 is 0 Å². The number of thioether (sulfide) groups is 1. The average Bonchev–Trinajstić information content (AvgIpc) is 3.38. The number of benzene rings is 2. The highest BCUT2D eigenvalue weighted by Crippen LogP contribution is 2.25. The van der Waals surface area contributed by atoms with Crippen LogP contribution in [0, 0.1) is 12.7 Å². The molecule has 1 atom stereocenters. The molecule has 11 heteroatoms. The number of para-hydroxylation sites is 1. The van der Waals surface area contributed by atoms with E-state index >= 15 is 0 Å². The van der Waals surface area contributed by atoms with E-state index in [1.807, 2.05) is 37.3 Å². The summed E-state index contributed by atoms with van der Waals surface area (Å²) in [7, 11) is 1.77. The second kappa shape index (κ2) is 11.3. The molecule has 0 aliphatic heterocycles. The van der Waals surface area contributed by atoms with Gasteiger partial charge in [0.1, 0.15) is 17.3 Å². The molecular weight excluding hydrogens is 495 g/mol. The van der Waals surface area contributed by atoms with Gasteiger partial charge in [0.05, 0.1) is 17.1 Å². The zero-order valence-electron chi connectivity index (χ0n) is 20.7. The van der Waals surface area contributed by atoms with Crippen LogP contribution in [0.1, 0.15) is 24.5 Å². The molecule has 0 saturated heterocycles. The molecule has 0 radical (unpaired) electrons. The second-order valence-corrected chi connectivity index (χ2v) is 9.17. The lowest BCUT2D eigenvalue weighted by atomic mass is 10.3. The third-order valence-corrected chi connectivity index (χ3v) is 6.66. The number of halogens is 1. The number of carbonyl (C=O) groups is 1. The van der Waals surface area contributed by atoms with Gasteiger partial charge in [-0.1, -0.05) is 36.0 Å². The maximum absolute atomic E-state index is 13.2. The predicted octanol–water partition coefficient (Wildman–Crippen LogP) is 4.27. The molecule has 4 rings (SSSR count). The first-order valence-electron chi connectivity index (χ1n) is 11.5. The van der Waals surface area contributed by atoms with Crippen molar-refractivity contribution in [2.45, 2.75) is 31.7 Å². The van der Waals surface area contributed by atoms with E-state index in [-0.39, 0.29) is 28.7 Å². The molecule has 1 N–H and O–H groups in total. The van der Waals surface area contributed by atoms with Gasteiger partial charge in [0.2, 0.25) is 5.91 Å². The van der Waals surface area contributed by atoms with E-state index in [2.05, 4.69) is 22.1 Å². The van der Waals surface area contributed by atoms with Crippen molar-refractivity contribution < 1.29 is 13.9 Å². The monoisotopic (exact) mass is 522 g/mol. The van der Waals surface area contributed by atoms with E-state index in [0.717, 1.165) is 0 Å². The van der Waals surface area contributed by atoms with Crippen molar-refractivity contribution in [1.82, 2.24) is 24.1 Å². The molecule has 2 aromatic carbocycles. The second-order valence-electron chi connectivity index (χ2n) is 8.23. The van der Waals surface area contributed by atoms with Gasteiger partial charge in [-0.3, -0.25) is 18.8 Å². The minimum atomic E-state index is -0.482. The van der Waals surface area contributed by atoms with Gasteiger partial charge in [-0.2, -0.15) is 0 Å². The molecule has 1 unspecified atom stereocenters. The summed E-state index contributed by atoms with van der Waals surface area (Å²) in [6, 6.07) is 14.9. The number of carbonyl (C=O) groups excluding carboxylic acids is 1. The van der Waals surface area contributed by atoms with Crippen molar-refractivity contribution in [3.05, 3.63) is 94.9 Å². The van der Waals surface area contributed by atoms with Crippen LogP contribution in [0.3, 0.4) is 0 Å². The van der Waals surface area contributed by atoms with E-state index in [9.17, 15) is 14.0 Å². The highest BCUT2D eigenvalue weighted by Gasteiger charge is 2.21. The zero-order chi connectivity index (χ0) is 26.5. The van der Waals surface area contributed by atoms with Gasteiger partial charge in [0.25, 0.3) is 5.56 Å².